The van der Waals surface area contributed by atoms with Crippen molar-refractivity contribution in [3.8, 4) is 0 Å². The average molecular weight is 373 g/mol. The van der Waals surface area contributed by atoms with Crippen LogP contribution in [-0.4, -0.2) is 59.6 Å². The molecule has 4 atom stereocenters. The van der Waals surface area contributed by atoms with Gasteiger partial charge < -0.3 is 24.8 Å². The van der Waals surface area contributed by atoms with E-state index in [1.165, 1.54) is 51.4 Å². The SMILES string of the molecule is CCCCCCCCC/C=C/CCCCO[C@@H]1[C@@H](O)[C@H](O)CO[C@H]1CO. The Morgan fingerprint density at radius 2 is 1.54 bits per heavy atom. The lowest BCUT2D eigenvalue weighted by Crippen LogP contribution is -2.55. The van der Waals surface area contributed by atoms with E-state index in [4.69, 9.17) is 9.47 Å². The van der Waals surface area contributed by atoms with E-state index in [0.29, 0.717) is 6.61 Å². The van der Waals surface area contributed by atoms with Gasteiger partial charge in [0.05, 0.1) is 13.2 Å². The summed E-state index contributed by atoms with van der Waals surface area (Å²) in [5.41, 5.74) is 0. The number of rotatable bonds is 15. The molecule has 0 aromatic rings. The fourth-order valence-electron chi connectivity index (χ4n) is 3.26. The van der Waals surface area contributed by atoms with Gasteiger partial charge in [-0.25, -0.2) is 0 Å². The molecule has 0 radical (unpaired) electrons. The molecule has 1 heterocycles. The van der Waals surface area contributed by atoms with Crippen molar-refractivity contribution >= 4 is 0 Å². The van der Waals surface area contributed by atoms with Crippen molar-refractivity contribution in [2.45, 2.75) is 102 Å². The summed E-state index contributed by atoms with van der Waals surface area (Å²) in [6, 6.07) is 0. The Bertz CT molecular complexity index is 345. The second-order valence-corrected chi connectivity index (χ2v) is 7.32. The van der Waals surface area contributed by atoms with Gasteiger partial charge in [0, 0.05) is 6.61 Å². The number of unbranched alkanes of at least 4 members (excludes halogenated alkanes) is 9. The average Bonchev–Trinajstić information content (AvgIpc) is 2.65. The van der Waals surface area contributed by atoms with Crippen LogP contribution in [0.1, 0.15) is 77.6 Å². The molecule has 1 saturated heterocycles. The van der Waals surface area contributed by atoms with E-state index >= 15 is 0 Å². The topological polar surface area (TPSA) is 79.2 Å². The van der Waals surface area contributed by atoms with E-state index in [1.807, 2.05) is 0 Å². The number of hydrogen-bond donors (Lipinski definition) is 3. The summed E-state index contributed by atoms with van der Waals surface area (Å²) in [7, 11) is 0. The first-order valence-electron chi connectivity index (χ1n) is 10.6. The molecule has 0 saturated carbocycles. The van der Waals surface area contributed by atoms with Crippen LogP contribution in [0.4, 0.5) is 0 Å². The van der Waals surface area contributed by atoms with Crippen molar-refractivity contribution in [2.24, 2.45) is 0 Å². The highest BCUT2D eigenvalue weighted by Gasteiger charge is 2.39. The minimum atomic E-state index is -0.997. The number of hydrogen-bond acceptors (Lipinski definition) is 5. The molecule has 0 aromatic carbocycles. The Labute approximate surface area is 159 Å². The molecule has 0 spiro atoms. The van der Waals surface area contributed by atoms with Crippen molar-refractivity contribution in [2.75, 3.05) is 19.8 Å². The zero-order valence-electron chi connectivity index (χ0n) is 16.5. The molecule has 5 heteroatoms. The zero-order chi connectivity index (χ0) is 19.0. The van der Waals surface area contributed by atoms with Crippen molar-refractivity contribution < 1.29 is 24.8 Å². The molecule has 1 aliphatic rings. The Morgan fingerprint density at radius 3 is 2.19 bits per heavy atom. The first-order valence-corrected chi connectivity index (χ1v) is 10.6. The maximum atomic E-state index is 9.97. The summed E-state index contributed by atoms with van der Waals surface area (Å²) in [4.78, 5) is 0. The van der Waals surface area contributed by atoms with Crippen molar-refractivity contribution in [3.05, 3.63) is 12.2 Å². The van der Waals surface area contributed by atoms with Gasteiger partial charge in [0.1, 0.15) is 24.4 Å². The molecule has 5 nitrogen and oxygen atoms in total. The molecular weight excluding hydrogens is 332 g/mol. The van der Waals surface area contributed by atoms with Crippen LogP contribution in [0.3, 0.4) is 0 Å². The molecule has 0 unspecified atom stereocenters. The summed E-state index contributed by atoms with van der Waals surface area (Å²) in [5.74, 6) is 0. The number of ether oxygens (including phenoxy) is 2. The smallest absolute Gasteiger partial charge is 0.114 e. The van der Waals surface area contributed by atoms with Gasteiger partial charge in [-0.05, 0) is 32.1 Å². The molecule has 0 bridgehead atoms. The van der Waals surface area contributed by atoms with Crippen molar-refractivity contribution in [1.82, 2.24) is 0 Å². The van der Waals surface area contributed by atoms with E-state index in [1.54, 1.807) is 0 Å². The minimum absolute atomic E-state index is 0.0375. The van der Waals surface area contributed by atoms with Crippen LogP contribution in [0.5, 0.6) is 0 Å². The third-order valence-electron chi connectivity index (χ3n) is 4.97. The van der Waals surface area contributed by atoms with Crippen LogP contribution in [0.25, 0.3) is 0 Å². The van der Waals surface area contributed by atoms with Crippen LogP contribution in [0.15, 0.2) is 12.2 Å². The lowest BCUT2D eigenvalue weighted by atomic mass is 10.0. The lowest BCUT2D eigenvalue weighted by Gasteiger charge is -2.37. The van der Waals surface area contributed by atoms with Gasteiger partial charge in [-0.15, -0.1) is 0 Å². The second-order valence-electron chi connectivity index (χ2n) is 7.32. The first-order chi connectivity index (χ1) is 12.7. The highest BCUT2D eigenvalue weighted by Crippen LogP contribution is 2.19. The van der Waals surface area contributed by atoms with Gasteiger partial charge in [-0.1, -0.05) is 57.6 Å². The molecule has 26 heavy (non-hydrogen) atoms. The van der Waals surface area contributed by atoms with E-state index < -0.39 is 24.4 Å². The highest BCUT2D eigenvalue weighted by atomic mass is 16.6. The van der Waals surface area contributed by atoms with E-state index in [-0.39, 0.29) is 13.2 Å². The van der Waals surface area contributed by atoms with E-state index in [2.05, 4.69) is 19.1 Å². The predicted molar refractivity (Wildman–Crippen MR) is 104 cm³/mol. The Morgan fingerprint density at radius 1 is 0.923 bits per heavy atom. The maximum absolute atomic E-state index is 9.97. The fraction of sp³-hybridized carbons (Fsp3) is 0.905. The van der Waals surface area contributed by atoms with Crippen LogP contribution in [0, 0.1) is 0 Å². The summed E-state index contributed by atoms with van der Waals surface area (Å²) in [5, 5.41) is 28.9. The maximum Gasteiger partial charge on any atom is 0.114 e. The lowest BCUT2D eigenvalue weighted by molar-refractivity contribution is -0.211. The number of aliphatic hydroxyl groups is 3. The van der Waals surface area contributed by atoms with Crippen molar-refractivity contribution in [3.63, 3.8) is 0 Å². The zero-order valence-corrected chi connectivity index (χ0v) is 16.5. The highest BCUT2D eigenvalue weighted by molar-refractivity contribution is 4.87. The molecule has 0 aromatic heterocycles. The monoisotopic (exact) mass is 372 g/mol. The molecule has 154 valence electrons. The van der Waals surface area contributed by atoms with Gasteiger partial charge >= 0.3 is 0 Å². The third-order valence-corrected chi connectivity index (χ3v) is 4.97. The first kappa shape index (κ1) is 23.6. The van der Waals surface area contributed by atoms with Gasteiger partial charge in [0.25, 0.3) is 0 Å². The largest absolute Gasteiger partial charge is 0.394 e. The van der Waals surface area contributed by atoms with Crippen LogP contribution < -0.4 is 0 Å². The summed E-state index contributed by atoms with van der Waals surface area (Å²) in [6.07, 6.45) is 14.9. The second kappa shape index (κ2) is 15.6. The Hall–Kier alpha value is -0.460. The molecule has 3 N–H and O–H groups in total. The van der Waals surface area contributed by atoms with Gasteiger partial charge in [-0.2, -0.15) is 0 Å². The van der Waals surface area contributed by atoms with Gasteiger partial charge in [0.2, 0.25) is 0 Å². The minimum Gasteiger partial charge on any atom is -0.394 e. The van der Waals surface area contributed by atoms with E-state index in [9.17, 15) is 15.3 Å². The molecule has 0 amide bonds. The quantitative estimate of drug-likeness (QED) is 0.303. The number of aliphatic hydroxyl groups excluding tert-OH is 3. The van der Waals surface area contributed by atoms with Gasteiger partial charge in [-0.3, -0.25) is 0 Å². The van der Waals surface area contributed by atoms with Crippen LogP contribution in [-0.2, 0) is 9.47 Å². The van der Waals surface area contributed by atoms with Gasteiger partial charge in [0.15, 0.2) is 0 Å². The Kier molecular flexibility index (Phi) is 14.1. The summed E-state index contributed by atoms with van der Waals surface area (Å²) < 4.78 is 10.9. The molecule has 1 fully saturated rings. The predicted octanol–water partition coefficient (Wildman–Crippen LogP) is 3.35. The standard InChI is InChI=1S/C21H40O5/c1-2-3-4-5-6-7-8-9-10-11-12-13-14-15-25-21-19(16-22)26-17-18(23)20(21)24/h10-11,18-24H,2-9,12-17H2,1H3/b11-10+/t18-,19+,20+,21+/m1/s1. The fourth-order valence-corrected chi connectivity index (χ4v) is 3.26. The normalized spacial score (nSPS) is 26.6. The van der Waals surface area contributed by atoms with E-state index in [0.717, 1.165) is 19.3 Å². The van der Waals surface area contributed by atoms with Crippen LogP contribution in [0.2, 0.25) is 0 Å². The molecule has 1 rings (SSSR count). The molecular formula is C21H40O5. The Balaban J connectivity index is 1.96. The third kappa shape index (κ3) is 10.0. The van der Waals surface area contributed by atoms with Crippen molar-refractivity contribution in [1.29, 1.82) is 0 Å². The number of allylic oxidation sites excluding steroid dienone is 2. The van der Waals surface area contributed by atoms with Crippen LogP contribution >= 0.6 is 0 Å². The molecule has 0 aliphatic carbocycles. The molecule has 1 aliphatic heterocycles. The summed E-state index contributed by atoms with van der Waals surface area (Å²) >= 11 is 0. The summed E-state index contributed by atoms with van der Waals surface area (Å²) in [6.45, 7) is 2.58.